The average molecular weight is 437 g/mol. The van der Waals surface area contributed by atoms with Gasteiger partial charge in [0.1, 0.15) is 12.4 Å². The van der Waals surface area contributed by atoms with Crippen LogP contribution in [0.4, 0.5) is 0 Å². The molecule has 1 aliphatic rings. The topological polar surface area (TPSA) is 75.3 Å². The molecule has 3 heterocycles. The maximum atomic E-state index is 4.81. The highest BCUT2D eigenvalue weighted by Gasteiger charge is 2.22. The van der Waals surface area contributed by atoms with Gasteiger partial charge < -0.3 is 19.8 Å². The molecule has 0 spiro atoms. The molecule has 0 amide bonds. The number of likely N-dealkylation sites (tertiary alicyclic amines) is 1. The first-order valence-corrected chi connectivity index (χ1v) is 11.8. The van der Waals surface area contributed by atoms with Gasteiger partial charge in [-0.1, -0.05) is 25.1 Å². The molecule has 1 atom stereocenters. The third kappa shape index (κ3) is 5.30. The van der Waals surface area contributed by atoms with E-state index in [4.69, 9.17) is 4.99 Å². The van der Waals surface area contributed by atoms with Gasteiger partial charge in [-0.2, -0.15) is 0 Å². The molecule has 1 unspecified atom stereocenters. The number of fused-ring (bicyclic) bond motifs is 1. The van der Waals surface area contributed by atoms with E-state index in [-0.39, 0.29) is 0 Å². The summed E-state index contributed by atoms with van der Waals surface area (Å²) in [7, 11) is 1.99. The second kappa shape index (κ2) is 10.6. The van der Waals surface area contributed by atoms with Gasteiger partial charge >= 0.3 is 0 Å². The van der Waals surface area contributed by atoms with E-state index in [1.807, 2.05) is 18.5 Å². The summed E-state index contributed by atoms with van der Waals surface area (Å²) in [6, 6.07) is 11.3. The summed E-state index contributed by atoms with van der Waals surface area (Å²) in [6.07, 6.45) is 5.72. The minimum atomic E-state index is 0.511. The van der Waals surface area contributed by atoms with Crippen LogP contribution in [-0.4, -0.2) is 62.4 Å². The van der Waals surface area contributed by atoms with Crippen molar-refractivity contribution < 1.29 is 0 Å². The van der Waals surface area contributed by atoms with E-state index in [9.17, 15) is 0 Å². The predicted molar refractivity (Wildman–Crippen MR) is 130 cm³/mol. The Balaban J connectivity index is 1.34. The van der Waals surface area contributed by atoms with E-state index in [1.165, 1.54) is 30.3 Å². The summed E-state index contributed by atoms with van der Waals surface area (Å²) in [4.78, 5) is 7.36. The van der Waals surface area contributed by atoms with Gasteiger partial charge in [0.15, 0.2) is 11.8 Å². The zero-order valence-electron chi connectivity index (χ0n) is 19.6. The maximum Gasteiger partial charge on any atom is 0.191 e. The van der Waals surface area contributed by atoms with Gasteiger partial charge in [-0.3, -0.25) is 4.90 Å². The van der Waals surface area contributed by atoms with E-state index in [2.05, 4.69) is 73.8 Å². The number of guanidine groups is 1. The number of benzene rings is 1. The lowest BCUT2D eigenvalue weighted by Gasteiger charge is -2.24. The van der Waals surface area contributed by atoms with Crippen LogP contribution in [0.3, 0.4) is 0 Å². The Hall–Kier alpha value is -2.87. The Kier molecular flexibility index (Phi) is 7.42. The molecule has 32 heavy (non-hydrogen) atoms. The molecular formula is C24H36N8. The number of hydrogen-bond acceptors (Lipinski definition) is 4. The summed E-state index contributed by atoms with van der Waals surface area (Å²) in [5.41, 5.74) is 1.29. The highest BCUT2D eigenvalue weighted by molar-refractivity contribution is 5.80. The van der Waals surface area contributed by atoms with Crippen LogP contribution in [0.2, 0.25) is 0 Å². The lowest BCUT2D eigenvalue weighted by Crippen LogP contribution is -2.45. The maximum absolute atomic E-state index is 4.81. The monoisotopic (exact) mass is 436 g/mol. The molecule has 8 nitrogen and oxygen atoms in total. The molecule has 0 aliphatic carbocycles. The van der Waals surface area contributed by atoms with Crippen molar-refractivity contribution in [2.24, 2.45) is 12.0 Å². The highest BCUT2D eigenvalue weighted by atomic mass is 15.3. The second-order valence-electron chi connectivity index (χ2n) is 8.54. The molecule has 172 valence electrons. The first kappa shape index (κ1) is 22.3. The predicted octanol–water partition coefficient (Wildman–Crippen LogP) is 2.69. The standard InChI is InChI=1S/C24H36N8/c1-4-31-14-7-10-21(31)17-26-24(27-18-23-29-28-19(2)30(23)3)25-13-8-15-32-16-12-20-9-5-6-11-22(20)32/h5-6,9,11-12,16,21H,4,7-8,10,13-15,17-18H2,1-3H3,(H2,25,26,27). The van der Waals surface area contributed by atoms with Crippen LogP contribution < -0.4 is 10.6 Å². The molecule has 2 aromatic heterocycles. The van der Waals surface area contributed by atoms with E-state index in [0.29, 0.717) is 12.6 Å². The smallest absolute Gasteiger partial charge is 0.191 e. The van der Waals surface area contributed by atoms with Crippen molar-refractivity contribution >= 4 is 16.9 Å². The Bertz CT molecular complexity index is 1030. The van der Waals surface area contributed by atoms with Gasteiger partial charge in [-0.25, -0.2) is 4.99 Å². The third-order valence-corrected chi connectivity index (χ3v) is 6.52. The SMILES string of the molecule is CCN1CCCC1CNC(=NCc1nnc(C)n1C)NCCCn1ccc2ccccc21. The third-order valence-electron chi connectivity index (χ3n) is 6.52. The van der Waals surface area contributed by atoms with Crippen LogP contribution >= 0.6 is 0 Å². The van der Waals surface area contributed by atoms with Gasteiger partial charge in [0.2, 0.25) is 0 Å². The number of nitrogens with one attached hydrogen (secondary N) is 2. The molecule has 1 saturated heterocycles. The van der Waals surface area contributed by atoms with Gasteiger partial charge in [-0.15, -0.1) is 10.2 Å². The van der Waals surface area contributed by atoms with Crippen molar-refractivity contribution in [1.82, 2.24) is 34.9 Å². The van der Waals surface area contributed by atoms with Gasteiger partial charge in [0.25, 0.3) is 0 Å². The molecule has 1 fully saturated rings. The summed E-state index contributed by atoms with van der Waals surface area (Å²) in [6.45, 7) is 9.77. The zero-order chi connectivity index (χ0) is 22.3. The van der Waals surface area contributed by atoms with Crippen molar-refractivity contribution in [2.45, 2.75) is 52.2 Å². The van der Waals surface area contributed by atoms with E-state index in [1.54, 1.807) is 0 Å². The molecule has 8 heteroatoms. The van der Waals surface area contributed by atoms with E-state index in [0.717, 1.165) is 50.2 Å². The number of hydrogen-bond donors (Lipinski definition) is 2. The van der Waals surface area contributed by atoms with Crippen LogP contribution in [-0.2, 0) is 20.1 Å². The number of nitrogens with zero attached hydrogens (tertiary/aromatic N) is 6. The Morgan fingerprint density at radius 1 is 1.19 bits per heavy atom. The molecule has 0 radical (unpaired) electrons. The molecule has 0 bridgehead atoms. The van der Waals surface area contributed by atoms with Crippen molar-refractivity contribution in [1.29, 1.82) is 0 Å². The lowest BCUT2D eigenvalue weighted by atomic mass is 10.2. The Morgan fingerprint density at radius 2 is 2.06 bits per heavy atom. The highest BCUT2D eigenvalue weighted by Crippen LogP contribution is 2.16. The fourth-order valence-corrected chi connectivity index (χ4v) is 4.46. The molecule has 2 N–H and O–H groups in total. The number of likely N-dealkylation sites (N-methyl/N-ethyl adjacent to an activating group) is 1. The van der Waals surface area contributed by atoms with Crippen LogP contribution in [0.25, 0.3) is 10.9 Å². The summed E-state index contributed by atoms with van der Waals surface area (Å²) in [5.74, 6) is 2.63. The first-order chi connectivity index (χ1) is 15.7. The van der Waals surface area contributed by atoms with E-state index < -0.39 is 0 Å². The van der Waals surface area contributed by atoms with Gasteiger partial charge in [0, 0.05) is 44.4 Å². The number of aliphatic imine (C=N–C) groups is 1. The summed E-state index contributed by atoms with van der Waals surface area (Å²) in [5, 5.41) is 16.8. The largest absolute Gasteiger partial charge is 0.356 e. The normalized spacial score (nSPS) is 17.3. The summed E-state index contributed by atoms with van der Waals surface area (Å²) >= 11 is 0. The molecule has 1 aromatic carbocycles. The quantitative estimate of drug-likeness (QED) is 0.306. The number of aryl methyl sites for hydroxylation is 2. The van der Waals surface area contributed by atoms with Crippen molar-refractivity contribution in [2.75, 3.05) is 26.2 Å². The molecular weight excluding hydrogens is 400 g/mol. The molecule has 1 aliphatic heterocycles. The van der Waals surface area contributed by atoms with Crippen LogP contribution in [0, 0.1) is 6.92 Å². The minimum Gasteiger partial charge on any atom is -0.356 e. The van der Waals surface area contributed by atoms with Crippen LogP contribution in [0.1, 0.15) is 37.8 Å². The lowest BCUT2D eigenvalue weighted by molar-refractivity contribution is 0.267. The fraction of sp³-hybridized carbons (Fsp3) is 0.542. The number of rotatable bonds is 9. The molecule has 3 aromatic rings. The van der Waals surface area contributed by atoms with Crippen LogP contribution in [0.15, 0.2) is 41.5 Å². The summed E-state index contributed by atoms with van der Waals surface area (Å²) < 4.78 is 4.31. The Morgan fingerprint density at radius 3 is 2.88 bits per heavy atom. The molecule has 0 saturated carbocycles. The van der Waals surface area contributed by atoms with Crippen molar-refractivity contribution in [3.8, 4) is 0 Å². The number of aromatic nitrogens is 4. The average Bonchev–Trinajstić information content (AvgIpc) is 3.52. The fourth-order valence-electron chi connectivity index (χ4n) is 4.46. The zero-order valence-corrected chi connectivity index (χ0v) is 19.6. The van der Waals surface area contributed by atoms with Crippen molar-refractivity contribution in [3.05, 3.63) is 48.2 Å². The first-order valence-electron chi connectivity index (χ1n) is 11.8. The van der Waals surface area contributed by atoms with Crippen molar-refractivity contribution in [3.63, 3.8) is 0 Å². The number of para-hydroxylation sites is 1. The second-order valence-corrected chi connectivity index (χ2v) is 8.54. The van der Waals surface area contributed by atoms with Crippen LogP contribution in [0.5, 0.6) is 0 Å². The Labute approximate surface area is 190 Å². The minimum absolute atomic E-state index is 0.511. The van der Waals surface area contributed by atoms with Gasteiger partial charge in [0.05, 0.1) is 0 Å². The van der Waals surface area contributed by atoms with Gasteiger partial charge in [-0.05, 0) is 56.8 Å². The van der Waals surface area contributed by atoms with E-state index >= 15 is 0 Å². The molecule has 4 rings (SSSR count).